The number of hydrogen-bond acceptors (Lipinski definition) is 7. The second-order valence-electron chi connectivity index (χ2n) is 9.49. The first-order chi connectivity index (χ1) is 18.0. The van der Waals surface area contributed by atoms with Crippen LogP contribution in [0.1, 0.15) is 42.3 Å². The maximum atomic E-state index is 12.6. The Labute approximate surface area is 230 Å². The van der Waals surface area contributed by atoms with E-state index in [9.17, 15) is 9.59 Å². The van der Waals surface area contributed by atoms with Crippen molar-refractivity contribution in [3.8, 4) is 23.0 Å². The lowest BCUT2D eigenvalue weighted by Gasteiger charge is -2.27. The third-order valence-corrected chi connectivity index (χ3v) is 6.24. The van der Waals surface area contributed by atoms with Crippen molar-refractivity contribution in [3.05, 3.63) is 81.3 Å². The molecule has 1 amide bonds. The van der Waals surface area contributed by atoms with E-state index in [1.54, 1.807) is 24.3 Å². The smallest absolute Gasteiger partial charge is 0.345 e. The predicted molar refractivity (Wildman–Crippen MR) is 145 cm³/mol. The zero-order valence-corrected chi connectivity index (χ0v) is 22.7. The van der Waals surface area contributed by atoms with Crippen LogP contribution in [0.4, 0.5) is 0 Å². The second-order valence-corrected chi connectivity index (χ2v) is 10.3. The molecular formula is C28H26Cl2N2O6. The number of hydrazone groups is 1. The molecule has 1 atom stereocenters. The minimum atomic E-state index is -0.856. The fourth-order valence-electron chi connectivity index (χ4n) is 3.57. The Bertz CT molecular complexity index is 1400. The van der Waals surface area contributed by atoms with E-state index in [4.69, 9.17) is 42.1 Å². The third-order valence-electron chi connectivity index (χ3n) is 5.69. The Morgan fingerprint density at radius 2 is 1.82 bits per heavy atom. The highest BCUT2D eigenvalue weighted by atomic mass is 35.5. The molecule has 0 radical (unpaired) electrons. The van der Waals surface area contributed by atoms with Crippen molar-refractivity contribution in [2.45, 2.75) is 32.3 Å². The van der Waals surface area contributed by atoms with Gasteiger partial charge in [0, 0.05) is 5.02 Å². The fraction of sp³-hybridized carbons (Fsp3) is 0.250. The van der Waals surface area contributed by atoms with Crippen molar-refractivity contribution in [1.29, 1.82) is 0 Å². The Morgan fingerprint density at radius 3 is 2.53 bits per heavy atom. The van der Waals surface area contributed by atoms with Crippen LogP contribution in [0.5, 0.6) is 23.0 Å². The molecule has 1 heterocycles. The van der Waals surface area contributed by atoms with Gasteiger partial charge in [-0.15, -0.1) is 0 Å². The Morgan fingerprint density at radius 1 is 1.03 bits per heavy atom. The van der Waals surface area contributed by atoms with Crippen LogP contribution < -0.4 is 24.4 Å². The maximum absolute atomic E-state index is 12.6. The number of nitrogens with one attached hydrogen (secondary N) is 1. The quantitative estimate of drug-likeness (QED) is 0.178. The number of fused-ring (bicyclic) bond motifs is 1. The summed E-state index contributed by atoms with van der Waals surface area (Å²) in [6, 6.07) is 15.0. The zero-order chi connectivity index (χ0) is 27.4. The highest BCUT2D eigenvalue weighted by Crippen LogP contribution is 2.36. The summed E-state index contributed by atoms with van der Waals surface area (Å²) in [5.74, 6) is 0.467. The monoisotopic (exact) mass is 556 g/mol. The average molecular weight is 557 g/mol. The summed E-state index contributed by atoms with van der Waals surface area (Å²) in [6.07, 6.45) is 0.572. The van der Waals surface area contributed by atoms with Crippen LogP contribution in [0.25, 0.3) is 0 Å². The predicted octanol–water partition coefficient (Wildman–Crippen LogP) is 5.81. The number of halogens is 2. The van der Waals surface area contributed by atoms with Gasteiger partial charge in [-0.2, -0.15) is 5.10 Å². The SMILES string of the molecule is COc1cc(/C=N\NC(=O)C2COc3ccc(C(C)(C)C)cc3O2)ccc1OC(=O)c1ccc(Cl)cc1Cl. The minimum absolute atomic E-state index is 0.0642. The Balaban J connectivity index is 1.39. The molecule has 0 spiro atoms. The molecule has 1 N–H and O–H groups in total. The van der Waals surface area contributed by atoms with Gasteiger partial charge in [0.2, 0.25) is 6.10 Å². The van der Waals surface area contributed by atoms with E-state index in [0.717, 1.165) is 5.56 Å². The summed E-state index contributed by atoms with van der Waals surface area (Å²) >= 11 is 12.0. The molecule has 1 unspecified atom stereocenters. The molecule has 10 heteroatoms. The lowest BCUT2D eigenvalue weighted by atomic mass is 9.87. The summed E-state index contributed by atoms with van der Waals surface area (Å²) in [4.78, 5) is 25.2. The van der Waals surface area contributed by atoms with E-state index in [1.165, 1.54) is 25.5 Å². The van der Waals surface area contributed by atoms with Gasteiger partial charge in [0.25, 0.3) is 5.91 Å². The third kappa shape index (κ3) is 6.38. The number of carbonyl (C=O) groups is 2. The van der Waals surface area contributed by atoms with E-state index in [0.29, 0.717) is 22.1 Å². The number of benzene rings is 3. The first kappa shape index (κ1) is 27.3. The average Bonchev–Trinajstić information content (AvgIpc) is 2.88. The largest absolute Gasteiger partial charge is 0.493 e. The highest BCUT2D eigenvalue weighted by molar-refractivity contribution is 6.36. The minimum Gasteiger partial charge on any atom is -0.493 e. The summed E-state index contributed by atoms with van der Waals surface area (Å²) in [5, 5.41) is 4.59. The number of amides is 1. The van der Waals surface area contributed by atoms with Gasteiger partial charge >= 0.3 is 5.97 Å². The summed E-state index contributed by atoms with van der Waals surface area (Å²) < 4.78 is 22.4. The van der Waals surface area contributed by atoms with E-state index in [-0.39, 0.29) is 34.1 Å². The number of rotatable bonds is 6. The second kappa shape index (κ2) is 11.3. The van der Waals surface area contributed by atoms with E-state index < -0.39 is 18.0 Å². The number of nitrogens with zero attached hydrogens (tertiary/aromatic N) is 1. The first-order valence-electron chi connectivity index (χ1n) is 11.7. The normalized spacial score (nSPS) is 14.7. The molecule has 1 aliphatic rings. The van der Waals surface area contributed by atoms with Crippen LogP contribution >= 0.6 is 23.2 Å². The van der Waals surface area contributed by atoms with Gasteiger partial charge < -0.3 is 18.9 Å². The summed E-state index contributed by atoms with van der Waals surface area (Å²) in [6.45, 7) is 6.35. The number of hydrogen-bond donors (Lipinski definition) is 1. The molecular weight excluding hydrogens is 531 g/mol. The van der Waals surface area contributed by atoms with Gasteiger partial charge in [-0.05, 0) is 65.1 Å². The van der Waals surface area contributed by atoms with Crippen LogP contribution in [0, 0.1) is 0 Å². The standard InChI is InChI=1S/C28H26Cl2N2O6/c1-28(2,3)17-6-10-21-24(12-17)37-25(15-36-21)26(33)32-31-14-16-5-9-22(23(11-16)35-4)38-27(34)19-8-7-18(29)13-20(19)30/h5-14,25H,15H2,1-4H3,(H,32,33)/b31-14-. The van der Waals surface area contributed by atoms with Crippen molar-refractivity contribution in [3.63, 3.8) is 0 Å². The molecule has 8 nitrogen and oxygen atoms in total. The van der Waals surface area contributed by atoms with Crippen LogP contribution in [-0.4, -0.2) is 37.9 Å². The van der Waals surface area contributed by atoms with Crippen LogP contribution in [0.15, 0.2) is 59.7 Å². The van der Waals surface area contributed by atoms with E-state index in [2.05, 4.69) is 31.3 Å². The van der Waals surface area contributed by atoms with Gasteiger partial charge in [-0.3, -0.25) is 4.79 Å². The molecule has 3 aromatic rings. The fourth-order valence-corrected chi connectivity index (χ4v) is 4.05. The van der Waals surface area contributed by atoms with Gasteiger partial charge in [0.15, 0.2) is 23.0 Å². The van der Waals surface area contributed by atoms with Crippen LogP contribution in [-0.2, 0) is 10.2 Å². The topological polar surface area (TPSA) is 95.5 Å². The number of carbonyl (C=O) groups excluding carboxylic acids is 2. The van der Waals surface area contributed by atoms with Gasteiger partial charge in [-0.1, -0.05) is 50.0 Å². The highest BCUT2D eigenvalue weighted by Gasteiger charge is 2.28. The van der Waals surface area contributed by atoms with Crippen LogP contribution in [0.2, 0.25) is 10.0 Å². The van der Waals surface area contributed by atoms with Crippen molar-refractivity contribution in [2.75, 3.05) is 13.7 Å². The van der Waals surface area contributed by atoms with Crippen LogP contribution in [0.3, 0.4) is 0 Å². The number of methoxy groups -OCH3 is 1. The lowest BCUT2D eigenvalue weighted by molar-refractivity contribution is -0.130. The molecule has 0 saturated carbocycles. The summed E-state index contributed by atoms with van der Waals surface area (Å²) in [7, 11) is 1.44. The number of ether oxygens (including phenoxy) is 4. The van der Waals surface area contributed by atoms with Gasteiger partial charge in [-0.25, -0.2) is 10.2 Å². The van der Waals surface area contributed by atoms with Gasteiger partial charge in [0.05, 0.1) is 23.9 Å². The Hall–Kier alpha value is -3.75. The molecule has 198 valence electrons. The number of esters is 1. The molecule has 0 saturated heterocycles. The zero-order valence-electron chi connectivity index (χ0n) is 21.2. The summed E-state index contributed by atoms with van der Waals surface area (Å²) in [5.41, 5.74) is 4.22. The molecule has 1 aliphatic heterocycles. The molecule has 0 aromatic heterocycles. The van der Waals surface area contributed by atoms with E-state index >= 15 is 0 Å². The lowest BCUT2D eigenvalue weighted by Crippen LogP contribution is -2.42. The maximum Gasteiger partial charge on any atom is 0.345 e. The molecule has 0 fully saturated rings. The molecule has 38 heavy (non-hydrogen) atoms. The van der Waals surface area contributed by atoms with Gasteiger partial charge in [0.1, 0.15) is 6.61 Å². The Kier molecular flexibility index (Phi) is 8.14. The first-order valence-corrected chi connectivity index (χ1v) is 12.4. The van der Waals surface area contributed by atoms with Crippen molar-refractivity contribution in [2.24, 2.45) is 5.10 Å². The molecule has 4 rings (SSSR count). The molecule has 3 aromatic carbocycles. The van der Waals surface area contributed by atoms with Crippen molar-refractivity contribution in [1.82, 2.24) is 5.43 Å². The molecule has 0 bridgehead atoms. The van der Waals surface area contributed by atoms with Crippen molar-refractivity contribution < 1.29 is 28.5 Å². The van der Waals surface area contributed by atoms with Crippen molar-refractivity contribution >= 4 is 41.3 Å². The van der Waals surface area contributed by atoms with E-state index in [1.807, 2.05) is 18.2 Å². The molecule has 0 aliphatic carbocycles.